The van der Waals surface area contributed by atoms with Crippen LogP contribution in [0.25, 0.3) is 0 Å². The highest BCUT2D eigenvalue weighted by Gasteiger charge is 2.31. The maximum atomic E-state index is 5.74. The van der Waals surface area contributed by atoms with Crippen LogP contribution in [0, 0.1) is 0 Å². The monoisotopic (exact) mass is 600 g/mol. The highest BCUT2D eigenvalue weighted by molar-refractivity contribution is 5.50. The normalized spacial score (nSPS) is 21.6. The lowest BCUT2D eigenvalue weighted by molar-refractivity contribution is 0.114. The van der Waals surface area contributed by atoms with Gasteiger partial charge in [0.05, 0.1) is 39.6 Å². The standard InChI is InChI=1S/C38H48O6/c1-38(32-14-8-29(9-15-32)5-2-20-39-23-35-26-42-35,33-16-10-30(11-17-33)6-3-21-40-24-36-27-43-36)34-18-12-31(13-19-34)7-4-22-41-25-37-28-44-37/h8-19,35-37H,2-7,20-28H2,1H3. The zero-order chi connectivity index (χ0) is 30.0. The molecule has 44 heavy (non-hydrogen) atoms. The molecule has 0 N–H and O–H groups in total. The van der Waals surface area contributed by atoms with Crippen LogP contribution in [0.3, 0.4) is 0 Å². The first-order chi connectivity index (χ1) is 21.7. The van der Waals surface area contributed by atoms with Crippen LogP contribution in [-0.2, 0) is 53.1 Å². The van der Waals surface area contributed by atoms with Crippen LogP contribution in [0.1, 0.15) is 59.6 Å². The van der Waals surface area contributed by atoms with Gasteiger partial charge in [0.1, 0.15) is 18.3 Å². The first-order valence-corrected chi connectivity index (χ1v) is 16.5. The molecule has 3 unspecified atom stereocenters. The van der Waals surface area contributed by atoms with Gasteiger partial charge in [-0.25, -0.2) is 0 Å². The number of ether oxygens (including phenoxy) is 6. The van der Waals surface area contributed by atoms with E-state index in [1.54, 1.807) is 0 Å². The van der Waals surface area contributed by atoms with E-state index < -0.39 is 0 Å². The van der Waals surface area contributed by atoms with Crippen LogP contribution in [-0.4, -0.2) is 77.8 Å². The number of hydrogen-bond acceptors (Lipinski definition) is 6. The van der Waals surface area contributed by atoms with E-state index in [9.17, 15) is 0 Å². The molecule has 0 spiro atoms. The molecular formula is C38H48O6. The first-order valence-electron chi connectivity index (χ1n) is 16.5. The van der Waals surface area contributed by atoms with E-state index >= 15 is 0 Å². The molecular weight excluding hydrogens is 552 g/mol. The van der Waals surface area contributed by atoms with Crippen molar-refractivity contribution in [1.82, 2.24) is 0 Å². The lowest BCUT2D eigenvalue weighted by atomic mass is 9.70. The van der Waals surface area contributed by atoms with E-state index in [-0.39, 0.29) is 5.41 Å². The summed E-state index contributed by atoms with van der Waals surface area (Å²) in [5.74, 6) is 0. The molecule has 3 atom stereocenters. The summed E-state index contributed by atoms with van der Waals surface area (Å²) in [5.41, 5.74) is 7.67. The Morgan fingerprint density at radius 2 is 0.773 bits per heavy atom. The van der Waals surface area contributed by atoms with Crippen LogP contribution >= 0.6 is 0 Å². The summed E-state index contributed by atoms with van der Waals surface area (Å²) in [7, 11) is 0. The van der Waals surface area contributed by atoms with Crippen molar-refractivity contribution in [3.63, 3.8) is 0 Å². The van der Waals surface area contributed by atoms with Crippen molar-refractivity contribution in [2.45, 2.75) is 69.2 Å². The van der Waals surface area contributed by atoms with Gasteiger partial charge in [-0.1, -0.05) is 72.8 Å². The molecule has 0 saturated carbocycles. The van der Waals surface area contributed by atoms with Gasteiger partial charge in [0.15, 0.2) is 0 Å². The fourth-order valence-electron chi connectivity index (χ4n) is 5.79. The maximum Gasteiger partial charge on any atom is 0.104 e. The SMILES string of the molecule is CC(c1ccc(CCCOCC2CO2)cc1)(c1ccc(CCCOCC2CO2)cc1)c1ccc(CCCOCC2CO2)cc1. The highest BCUT2D eigenvalue weighted by atomic mass is 16.6. The van der Waals surface area contributed by atoms with E-state index in [4.69, 9.17) is 28.4 Å². The molecule has 236 valence electrons. The molecule has 3 aromatic carbocycles. The molecule has 0 aliphatic carbocycles. The van der Waals surface area contributed by atoms with Gasteiger partial charge in [-0.3, -0.25) is 0 Å². The van der Waals surface area contributed by atoms with Crippen LogP contribution in [0.5, 0.6) is 0 Å². The summed E-state index contributed by atoms with van der Waals surface area (Å²) in [5, 5.41) is 0. The zero-order valence-electron chi connectivity index (χ0n) is 26.2. The Balaban J connectivity index is 1.10. The number of hydrogen-bond donors (Lipinski definition) is 0. The average Bonchev–Trinajstić information content (AvgIpc) is 3.90. The van der Waals surface area contributed by atoms with Gasteiger partial charge < -0.3 is 28.4 Å². The van der Waals surface area contributed by atoms with Gasteiger partial charge in [-0.05, 0) is 78.8 Å². The Hall–Kier alpha value is -2.58. The summed E-state index contributed by atoms with van der Waals surface area (Å²) in [6.07, 6.45) is 7.10. The smallest absolute Gasteiger partial charge is 0.104 e. The third-order valence-electron chi connectivity index (χ3n) is 8.97. The van der Waals surface area contributed by atoms with Gasteiger partial charge in [-0.15, -0.1) is 0 Å². The number of rotatable bonds is 21. The quantitative estimate of drug-likeness (QED) is 0.0839. The molecule has 3 fully saturated rings. The van der Waals surface area contributed by atoms with Gasteiger partial charge >= 0.3 is 0 Å². The summed E-state index contributed by atoms with van der Waals surface area (Å²) in [6, 6.07) is 27.7. The van der Waals surface area contributed by atoms with Crippen molar-refractivity contribution >= 4 is 0 Å². The lowest BCUT2D eigenvalue weighted by Gasteiger charge is -2.32. The lowest BCUT2D eigenvalue weighted by Crippen LogP contribution is -2.25. The molecule has 6 heteroatoms. The molecule has 0 aromatic heterocycles. The Morgan fingerprint density at radius 1 is 0.500 bits per heavy atom. The molecule has 0 radical (unpaired) electrons. The summed E-state index contributed by atoms with van der Waals surface area (Å²) in [6.45, 7) is 9.42. The summed E-state index contributed by atoms with van der Waals surface area (Å²) in [4.78, 5) is 0. The largest absolute Gasteiger partial charge is 0.379 e. The van der Waals surface area contributed by atoms with Crippen molar-refractivity contribution in [3.05, 3.63) is 106 Å². The van der Waals surface area contributed by atoms with Gasteiger partial charge in [0.25, 0.3) is 0 Å². The highest BCUT2D eigenvalue weighted by Crippen LogP contribution is 2.39. The minimum atomic E-state index is -0.274. The molecule has 3 aromatic rings. The Morgan fingerprint density at radius 3 is 1.02 bits per heavy atom. The number of aryl methyl sites for hydroxylation is 3. The Kier molecular flexibility index (Phi) is 11.1. The van der Waals surface area contributed by atoms with Crippen LogP contribution in [0.15, 0.2) is 72.8 Å². The van der Waals surface area contributed by atoms with Crippen molar-refractivity contribution < 1.29 is 28.4 Å². The molecule has 3 aliphatic rings. The van der Waals surface area contributed by atoms with Crippen LogP contribution in [0.2, 0.25) is 0 Å². The third-order valence-corrected chi connectivity index (χ3v) is 8.97. The van der Waals surface area contributed by atoms with Crippen LogP contribution in [0.4, 0.5) is 0 Å². The molecule has 3 saturated heterocycles. The molecule has 0 bridgehead atoms. The van der Waals surface area contributed by atoms with E-state index in [1.165, 1.54) is 33.4 Å². The number of epoxide rings is 3. The fourth-order valence-corrected chi connectivity index (χ4v) is 5.79. The summed E-state index contributed by atoms with van der Waals surface area (Å²) >= 11 is 0. The molecule has 3 heterocycles. The Bertz CT molecular complexity index is 1100. The maximum absolute atomic E-state index is 5.74. The first kappa shape index (κ1) is 31.4. The second-order valence-electron chi connectivity index (χ2n) is 12.6. The fraction of sp³-hybridized carbons (Fsp3) is 0.526. The van der Waals surface area contributed by atoms with E-state index in [2.05, 4.69) is 79.7 Å². The van der Waals surface area contributed by atoms with Gasteiger partial charge in [-0.2, -0.15) is 0 Å². The van der Waals surface area contributed by atoms with E-state index in [0.717, 1.165) is 98.0 Å². The molecule has 6 rings (SSSR count). The van der Waals surface area contributed by atoms with Gasteiger partial charge in [0, 0.05) is 25.2 Å². The van der Waals surface area contributed by atoms with Gasteiger partial charge in [0.2, 0.25) is 0 Å². The van der Waals surface area contributed by atoms with Crippen molar-refractivity contribution in [3.8, 4) is 0 Å². The van der Waals surface area contributed by atoms with Crippen molar-refractivity contribution in [2.24, 2.45) is 0 Å². The Labute approximate surface area is 263 Å². The van der Waals surface area contributed by atoms with E-state index in [1.807, 2.05) is 0 Å². The number of benzene rings is 3. The zero-order valence-corrected chi connectivity index (χ0v) is 26.2. The summed E-state index contributed by atoms with van der Waals surface area (Å²) < 4.78 is 32.9. The topological polar surface area (TPSA) is 65.3 Å². The predicted molar refractivity (Wildman–Crippen MR) is 172 cm³/mol. The molecule has 0 amide bonds. The third kappa shape index (κ3) is 9.46. The van der Waals surface area contributed by atoms with Crippen molar-refractivity contribution in [2.75, 3.05) is 59.5 Å². The second kappa shape index (κ2) is 15.6. The molecule has 6 nitrogen and oxygen atoms in total. The molecule has 3 aliphatic heterocycles. The second-order valence-corrected chi connectivity index (χ2v) is 12.6. The predicted octanol–water partition coefficient (Wildman–Crippen LogP) is 6.08. The van der Waals surface area contributed by atoms with Crippen molar-refractivity contribution in [1.29, 1.82) is 0 Å². The average molecular weight is 601 g/mol. The van der Waals surface area contributed by atoms with E-state index in [0.29, 0.717) is 18.3 Å². The minimum absolute atomic E-state index is 0.274. The minimum Gasteiger partial charge on any atom is -0.379 e. The van der Waals surface area contributed by atoms with Crippen LogP contribution < -0.4 is 0 Å².